The Balaban J connectivity index is 0.000000178. The van der Waals surface area contributed by atoms with Gasteiger partial charge in [0.15, 0.2) is 16.9 Å². The fourth-order valence-electron chi connectivity index (χ4n) is 14.7. The number of rotatable bonds is 21. The summed E-state index contributed by atoms with van der Waals surface area (Å²) in [5.74, 6) is -4.47. The Labute approximate surface area is 638 Å². The van der Waals surface area contributed by atoms with E-state index in [1.807, 2.05) is 48.6 Å². The molecule has 2 atom stereocenters. The van der Waals surface area contributed by atoms with E-state index in [9.17, 15) is 34.5 Å². The van der Waals surface area contributed by atoms with E-state index in [1.54, 1.807) is 67.7 Å². The van der Waals surface area contributed by atoms with E-state index in [4.69, 9.17) is 61.0 Å². The SMILES string of the molecule is CC(C)(C=C(C#N)C(=O)N1CCC[C@@H](n2nc(-c3ccc(Oc4ccccc4)cc3F)c3c(N)ncnc32)C1)N1CCN(C2COC2)CC1.CC(C)(C=C(C#N)C(=O)N1CCC[C@@H](n2nc(-c3ccc(Oc4ccccc4)cc3F)c3c(N)ncnc32)C1)N1CCN(C2COC2)CC1.O=C(O)CC(O)(CC(=O)O)C(=O)O. The van der Waals surface area contributed by atoms with Crippen LogP contribution in [-0.4, -0.2) is 253 Å². The van der Waals surface area contributed by atoms with Gasteiger partial charge < -0.3 is 60.6 Å². The molecule has 6 saturated heterocycles. The van der Waals surface area contributed by atoms with Crippen molar-refractivity contribution in [1.29, 1.82) is 10.5 Å². The molecule has 14 rings (SSSR count). The summed E-state index contributed by atoms with van der Waals surface area (Å²) in [6.45, 7) is 20.1. The first kappa shape index (κ1) is 79.1. The molecule has 4 aromatic carbocycles. The van der Waals surface area contributed by atoms with Gasteiger partial charge in [0, 0.05) is 113 Å². The van der Waals surface area contributed by atoms with Gasteiger partial charge in [-0.1, -0.05) is 36.4 Å². The van der Waals surface area contributed by atoms with Gasteiger partial charge in [0.2, 0.25) is 0 Å². The molecule has 111 heavy (non-hydrogen) atoms. The number of hydrogen-bond acceptors (Lipinski definition) is 24. The van der Waals surface area contributed by atoms with E-state index in [-0.39, 0.29) is 57.8 Å². The zero-order valence-electron chi connectivity index (χ0n) is 61.9. The van der Waals surface area contributed by atoms with Crippen LogP contribution in [0, 0.1) is 34.3 Å². The van der Waals surface area contributed by atoms with Crippen LogP contribution in [0.25, 0.3) is 44.6 Å². The van der Waals surface area contributed by atoms with Crippen molar-refractivity contribution in [1.82, 2.24) is 68.9 Å². The fourth-order valence-corrected chi connectivity index (χ4v) is 14.7. The summed E-state index contributed by atoms with van der Waals surface area (Å²) in [4.78, 5) is 88.5. The summed E-state index contributed by atoms with van der Waals surface area (Å²) in [6.07, 6.45) is 6.87. The molecular weight excluding hydrogens is 1430 g/mol. The summed E-state index contributed by atoms with van der Waals surface area (Å²) < 4.78 is 57.2. The first-order valence-corrected chi connectivity index (χ1v) is 36.6. The number of carboxylic acid groups (broad SMARTS) is 3. The third-order valence-corrected chi connectivity index (χ3v) is 21.0. The standard InChI is InChI=1S/2C36H40FN9O3.C6H8O7/c2*1-36(2,45-15-13-43(14-16-45)26-21-48-22-26)18-24(19-38)35(47)44-12-6-7-25(20-44)46-34-31(33(39)40-23-41-34)32(42-46)29-11-10-28(17-30(29)37)49-27-8-4-3-5-9-27;7-3(8)1-6(13,5(11)12)2-4(9)10/h2*3-5,8-11,17-18,23,25-26H,6-7,12-16,20-22H2,1-2H3,(H2,39,40,41);13H,1-2H2,(H,7,8)(H,9,10)(H,11,12)/t2*25-;/m11./s1. The van der Waals surface area contributed by atoms with E-state index in [2.05, 4.69) is 79.4 Å². The molecule has 2 amide bonds. The number of piperazine rings is 2. The molecule has 6 fully saturated rings. The average Bonchev–Trinajstić information content (AvgIpc) is 1.58. The van der Waals surface area contributed by atoms with Crippen LogP contribution in [0.3, 0.4) is 0 Å². The number of para-hydroxylation sites is 2. The molecule has 582 valence electrons. The van der Waals surface area contributed by atoms with Gasteiger partial charge in [-0.2, -0.15) is 20.7 Å². The lowest BCUT2D eigenvalue weighted by Gasteiger charge is -2.46. The highest BCUT2D eigenvalue weighted by molar-refractivity contribution is 6.01. The summed E-state index contributed by atoms with van der Waals surface area (Å²) in [7, 11) is 0. The van der Waals surface area contributed by atoms with Crippen LogP contribution in [-0.2, 0) is 33.4 Å². The topological polar surface area (TPSA) is 409 Å². The summed E-state index contributed by atoms with van der Waals surface area (Å²) in [5, 5.41) is 64.7. The maximum atomic E-state index is 15.7. The molecule has 0 radical (unpaired) electrons. The molecule has 8 N–H and O–H groups in total. The lowest BCUT2D eigenvalue weighted by atomic mass is 9.96. The molecule has 4 aromatic heterocycles. The molecule has 33 heteroatoms. The number of aromatic nitrogens is 8. The molecule has 10 heterocycles. The van der Waals surface area contributed by atoms with Gasteiger partial charge in [-0.3, -0.25) is 38.8 Å². The fraction of sp³-hybridized carbons (Fsp3) is 0.423. The molecule has 0 spiro atoms. The Morgan fingerprint density at radius 3 is 1.24 bits per heavy atom. The number of nitriles is 2. The minimum atomic E-state index is -2.74. The maximum Gasteiger partial charge on any atom is 0.336 e. The summed E-state index contributed by atoms with van der Waals surface area (Å²) >= 11 is 0. The monoisotopic (exact) mass is 1520 g/mol. The Morgan fingerprint density at radius 2 is 0.919 bits per heavy atom. The zero-order valence-corrected chi connectivity index (χ0v) is 61.9. The number of aliphatic hydroxyl groups is 1. The van der Waals surface area contributed by atoms with Crippen LogP contribution in [0.4, 0.5) is 20.4 Å². The lowest BCUT2D eigenvalue weighted by Crippen LogP contribution is -2.59. The highest BCUT2D eigenvalue weighted by Crippen LogP contribution is 2.40. The number of carboxylic acids is 3. The van der Waals surface area contributed by atoms with Crippen LogP contribution >= 0.6 is 0 Å². The van der Waals surface area contributed by atoms with E-state index < -0.39 is 59.1 Å². The number of nitrogen functional groups attached to an aromatic ring is 2. The molecule has 8 aromatic rings. The van der Waals surface area contributed by atoms with Crippen molar-refractivity contribution >= 4 is 63.4 Å². The number of likely N-dealkylation sites (tertiary alicyclic amines) is 2. The van der Waals surface area contributed by atoms with Crippen LogP contribution in [0.5, 0.6) is 23.0 Å². The van der Waals surface area contributed by atoms with Crippen molar-refractivity contribution in [2.75, 3.05) is 116 Å². The second-order valence-electron chi connectivity index (χ2n) is 29.3. The van der Waals surface area contributed by atoms with Crippen molar-refractivity contribution in [3.63, 3.8) is 0 Å². The van der Waals surface area contributed by atoms with Gasteiger partial charge in [0.25, 0.3) is 11.8 Å². The number of carbonyl (C=O) groups excluding carboxylic acids is 2. The van der Waals surface area contributed by atoms with Gasteiger partial charge in [-0.15, -0.1) is 0 Å². The maximum absolute atomic E-state index is 15.7. The Hall–Kier alpha value is -11.4. The number of benzene rings is 4. The number of carbonyl (C=O) groups is 5. The normalized spacial score (nSPS) is 18.8. The number of nitrogens with zero attached hydrogens (tertiary/aromatic N) is 16. The number of anilines is 2. The molecule has 0 aliphatic carbocycles. The van der Waals surface area contributed by atoms with E-state index in [0.717, 1.165) is 78.8 Å². The molecule has 31 nitrogen and oxygen atoms in total. The molecule has 6 aliphatic heterocycles. The van der Waals surface area contributed by atoms with Crippen LogP contribution in [0.15, 0.2) is 133 Å². The highest BCUT2D eigenvalue weighted by atomic mass is 19.1. The number of fused-ring (bicyclic) bond motifs is 2. The van der Waals surface area contributed by atoms with Crippen LogP contribution < -0.4 is 20.9 Å². The molecule has 0 bridgehead atoms. The van der Waals surface area contributed by atoms with Gasteiger partial charge in [-0.25, -0.2) is 42.9 Å². The zero-order chi connectivity index (χ0) is 78.9. The number of ether oxygens (including phenoxy) is 4. The predicted molar refractivity (Wildman–Crippen MR) is 401 cm³/mol. The number of piperidine rings is 2. The van der Waals surface area contributed by atoms with Crippen molar-refractivity contribution in [3.8, 4) is 57.7 Å². The first-order chi connectivity index (χ1) is 53.2. The van der Waals surface area contributed by atoms with Gasteiger partial charge in [0.05, 0.1) is 74.2 Å². The van der Waals surface area contributed by atoms with Gasteiger partial charge >= 0.3 is 17.9 Å². The van der Waals surface area contributed by atoms with E-state index in [1.165, 1.54) is 24.8 Å². The third-order valence-electron chi connectivity index (χ3n) is 21.0. The number of hydrogen-bond donors (Lipinski definition) is 6. The quantitative estimate of drug-likeness (QED) is 0.0298. The number of aliphatic carboxylic acids is 3. The predicted octanol–water partition coefficient (Wildman–Crippen LogP) is 7.58. The van der Waals surface area contributed by atoms with E-state index >= 15 is 8.78 Å². The third kappa shape index (κ3) is 18.2. The Bertz CT molecular complexity index is 4590. The molecule has 6 aliphatic rings. The lowest BCUT2D eigenvalue weighted by molar-refractivity contribution is -0.170. The second-order valence-corrected chi connectivity index (χ2v) is 29.3. The van der Waals surface area contributed by atoms with Crippen LogP contribution in [0.2, 0.25) is 0 Å². The van der Waals surface area contributed by atoms with Gasteiger partial charge in [-0.05, 0) is 114 Å². The number of halogens is 2. The second kappa shape index (κ2) is 34.2. The average molecular weight is 1520 g/mol. The van der Waals surface area contributed by atoms with Crippen molar-refractivity contribution in [2.24, 2.45) is 0 Å². The molecule has 0 unspecified atom stereocenters. The highest BCUT2D eigenvalue weighted by Gasteiger charge is 2.42. The minimum Gasteiger partial charge on any atom is -0.481 e. The van der Waals surface area contributed by atoms with Crippen molar-refractivity contribution in [2.45, 2.75) is 107 Å². The molecule has 0 saturated carbocycles. The Kier molecular flexibility index (Phi) is 24.4. The Morgan fingerprint density at radius 1 is 0.541 bits per heavy atom. The summed E-state index contributed by atoms with van der Waals surface area (Å²) in [6, 6.07) is 32.3. The van der Waals surface area contributed by atoms with Crippen molar-refractivity contribution < 1.29 is 72.1 Å². The number of nitrogens with two attached hydrogens (primary N) is 2. The van der Waals surface area contributed by atoms with Crippen LogP contribution in [0.1, 0.15) is 78.3 Å². The minimum absolute atomic E-state index is 0.123. The smallest absolute Gasteiger partial charge is 0.336 e. The van der Waals surface area contributed by atoms with E-state index in [0.29, 0.717) is 120 Å². The van der Waals surface area contributed by atoms with Gasteiger partial charge in [0.1, 0.15) is 93.6 Å². The first-order valence-electron chi connectivity index (χ1n) is 36.6. The summed E-state index contributed by atoms with van der Waals surface area (Å²) in [5.41, 5.74) is 11.2. The van der Waals surface area contributed by atoms with Crippen molar-refractivity contribution in [3.05, 3.63) is 145 Å². The molecular formula is C78H88F2N18O13. The largest absolute Gasteiger partial charge is 0.481 e. The number of amides is 2.